The maximum Gasteiger partial charge on any atom is 0.113 e. The molecule has 1 heterocycles. The molecule has 0 aliphatic heterocycles. The van der Waals surface area contributed by atoms with Crippen molar-refractivity contribution in [3.63, 3.8) is 0 Å². The van der Waals surface area contributed by atoms with Crippen molar-refractivity contribution in [1.82, 2.24) is 10.2 Å². The maximum absolute atomic E-state index is 5.63. The van der Waals surface area contributed by atoms with Gasteiger partial charge in [-0.25, -0.2) is 0 Å². The van der Waals surface area contributed by atoms with E-state index < -0.39 is 0 Å². The monoisotopic (exact) mass is 154 g/mol. The van der Waals surface area contributed by atoms with Crippen molar-refractivity contribution < 1.29 is 0 Å². The first kappa shape index (κ1) is 7.16. The van der Waals surface area contributed by atoms with Gasteiger partial charge in [0.2, 0.25) is 0 Å². The van der Waals surface area contributed by atoms with E-state index in [4.69, 9.17) is 7.85 Å². The van der Waals surface area contributed by atoms with E-state index in [9.17, 15) is 0 Å². The molecule has 12 heavy (non-hydrogen) atoms. The zero-order valence-corrected chi connectivity index (χ0v) is 6.49. The molecule has 1 aromatic carbocycles. The third-order valence-corrected chi connectivity index (χ3v) is 1.70. The maximum atomic E-state index is 5.63. The van der Waals surface area contributed by atoms with Gasteiger partial charge in [0.1, 0.15) is 7.85 Å². The molecule has 0 saturated heterocycles. The number of H-pyrrole nitrogens is 1. The van der Waals surface area contributed by atoms with Gasteiger partial charge in [0.05, 0.1) is 5.69 Å². The molecule has 2 rings (SSSR count). The van der Waals surface area contributed by atoms with Gasteiger partial charge in [-0.1, -0.05) is 29.7 Å². The Morgan fingerprint density at radius 2 is 2.17 bits per heavy atom. The minimum absolute atomic E-state index is 0.766. The highest BCUT2D eigenvalue weighted by Gasteiger charge is 1.96. The molecule has 0 bridgehead atoms. The highest BCUT2D eigenvalue weighted by molar-refractivity contribution is 6.32. The smallest absolute Gasteiger partial charge is 0.113 e. The van der Waals surface area contributed by atoms with E-state index in [0.29, 0.717) is 0 Å². The number of hydrogen-bond donors (Lipinski definition) is 1. The van der Waals surface area contributed by atoms with Crippen LogP contribution >= 0.6 is 0 Å². The van der Waals surface area contributed by atoms with Gasteiger partial charge in [-0.2, -0.15) is 5.10 Å². The first-order valence-electron chi connectivity index (χ1n) is 3.71. The zero-order valence-electron chi connectivity index (χ0n) is 6.49. The van der Waals surface area contributed by atoms with Crippen LogP contribution in [0.2, 0.25) is 0 Å². The summed E-state index contributed by atoms with van der Waals surface area (Å²) in [6.07, 6.45) is 1.72. The van der Waals surface area contributed by atoms with Crippen LogP contribution in [-0.4, -0.2) is 18.0 Å². The predicted octanol–water partition coefficient (Wildman–Crippen LogP) is 0.870. The molecular weight excluding hydrogens is 147 g/mol. The Labute approximate surface area is 72.0 Å². The fraction of sp³-hybridized carbons (Fsp3) is 0. The van der Waals surface area contributed by atoms with Crippen molar-refractivity contribution in [3.05, 3.63) is 36.5 Å². The predicted molar refractivity (Wildman–Crippen MR) is 49.4 cm³/mol. The second kappa shape index (κ2) is 2.85. The average Bonchev–Trinajstić information content (AvgIpc) is 2.56. The largest absolute Gasteiger partial charge is 0.278 e. The fourth-order valence-corrected chi connectivity index (χ4v) is 1.12. The summed E-state index contributed by atoms with van der Waals surface area (Å²) in [5, 5.41) is 6.74. The molecule has 0 aliphatic carbocycles. The van der Waals surface area contributed by atoms with Crippen LogP contribution in [0.4, 0.5) is 0 Å². The molecule has 2 aromatic rings. The third kappa shape index (κ3) is 1.26. The average molecular weight is 154 g/mol. The highest BCUT2D eigenvalue weighted by Crippen LogP contribution is 2.12. The summed E-state index contributed by atoms with van der Waals surface area (Å²) >= 11 is 0. The molecule has 2 radical (unpaired) electrons. The number of nitrogens with zero attached hydrogens (tertiary/aromatic N) is 1. The molecule has 56 valence electrons. The summed E-state index contributed by atoms with van der Waals surface area (Å²) in [5.41, 5.74) is 2.82. The zero-order chi connectivity index (χ0) is 8.39. The van der Waals surface area contributed by atoms with Crippen LogP contribution in [0, 0.1) is 0 Å². The van der Waals surface area contributed by atoms with E-state index in [-0.39, 0.29) is 0 Å². The number of aromatic amines is 1. The van der Waals surface area contributed by atoms with Crippen LogP contribution in [-0.2, 0) is 0 Å². The van der Waals surface area contributed by atoms with Gasteiger partial charge >= 0.3 is 0 Å². The number of hydrogen-bond acceptors (Lipinski definition) is 1. The van der Waals surface area contributed by atoms with E-state index in [2.05, 4.69) is 10.2 Å². The van der Waals surface area contributed by atoms with Gasteiger partial charge < -0.3 is 0 Å². The van der Waals surface area contributed by atoms with Crippen LogP contribution in [0.3, 0.4) is 0 Å². The second-order valence-corrected chi connectivity index (χ2v) is 2.60. The van der Waals surface area contributed by atoms with E-state index in [1.807, 2.05) is 30.3 Å². The lowest BCUT2D eigenvalue weighted by molar-refractivity contribution is 1.10. The standard InChI is InChI=1S/C9H7BN2/c10-8-3-1-2-7(6-8)9-4-5-11-12-9/h1-6H,(H,11,12). The quantitative estimate of drug-likeness (QED) is 0.606. The summed E-state index contributed by atoms with van der Waals surface area (Å²) in [6.45, 7) is 0. The number of aromatic nitrogens is 2. The minimum atomic E-state index is 0.766. The van der Waals surface area contributed by atoms with Crippen LogP contribution in [0.15, 0.2) is 36.5 Å². The van der Waals surface area contributed by atoms with Crippen LogP contribution in [0.1, 0.15) is 0 Å². The van der Waals surface area contributed by atoms with Crippen LogP contribution in [0.25, 0.3) is 11.3 Å². The van der Waals surface area contributed by atoms with E-state index in [1.54, 1.807) is 6.20 Å². The van der Waals surface area contributed by atoms with Gasteiger partial charge in [-0.15, -0.1) is 0 Å². The molecule has 0 amide bonds. The van der Waals surface area contributed by atoms with Crippen molar-refractivity contribution in [2.24, 2.45) is 0 Å². The van der Waals surface area contributed by atoms with Crippen molar-refractivity contribution >= 4 is 13.3 Å². The Morgan fingerprint density at radius 3 is 2.83 bits per heavy atom. The molecule has 2 nitrogen and oxygen atoms in total. The molecular formula is C9H7BN2. The summed E-state index contributed by atoms with van der Waals surface area (Å²) in [7, 11) is 5.63. The Balaban J connectivity index is 2.48. The second-order valence-electron chi connectivity index (χ2n) is 2.60. The van der Waals surface area contributed by atoms with Crippen molar-refractivity contribution in [2.45, 2.75) is 0 Å². The molecule has 0 aliphatic rings. The Hall–Kier alpha value is -1.51. The lowest BCUT2D eigenvalue weighted by Gasteiger charge is -1.97. The summed E-state index contributed by atoms with van der Waals surface area (Å²) in [4.78, 5) is 0. The van der Waals surface area contributed by atoms with Crippen LogP contribution < -0.4 is 5.46 Å². The molecule has 0 unspecified atom stereocenters. The van der Waals surface area contributed by atoms with Gasteiger partial charge in [0.15, 0.2) is 0 Å². The molecule has 0 atom stereocenters. The summed E-state index contributed by atoms with van der Waals surface area (Å²) in [6, 6.07) is 9.59. The number of nitrogens with one attached hydrogen (secondary N) is 1. The van der Waals surface area contributed by atoms with Crippen molar-refractivity contribution in [2.75, 3.05) is 0 Å². The highest BCUT2D eigenvalue weighted by atomic mass is 15.1. The van der Waals surface area contributed by atoms with Crippen molar-refractivity contribution in [1.29, 1.82) is 0 Å². The summed E-state index contributed by atoms with van der Waals surface area (Å²) in [5.74, 6) is 0. The topological polar surface area (TPSA) is 28.7 Å². The minimum Gasteiger partial charge on any atom is -0.278 e. The number of rotatable bonds is 1. The normalized spacial score (nSPS) is 10.0. The SMILES string of the molecule is [B]c1cccc(-c2ccn[nH]2)c1. The Bertz CT molecular complexity index is 368. The van der Waals surface area contributed by atoms with Crippen LogP contribution in [0.5, 0.6) is 0 Å². The van der Waals surface area contributed by atoms with Gasteiger partial charge in [-0.3, -0.25) is 5.10 Å². The van der Waals surface area contributed by atoms with E-state index in [0.717, 1.165) is 16.7 Å². The number of benzene rings is 1. The van der Waals surface area contributed by atoms with Crippen molar-refractivity contribution in [3.8, 4) is 11.3 Å². The first-order chi connectivity index (χ1) is 5.86. The van der Waals surface area contributed by atoms with Gasteiger partial charge in [-0.05, 0) is 11.6 Å². The van der Waals surface area contributed by atoms with E-state index in [1.165, 1.54) is 0 Å². The molecule has 0 saturated carbocycles. The molecule has 0 spiro atoms. The molecule has 0 fully saturated rings. The lowest BCUT2D eigenvalue weighted by Crippen LogP contribution is -2.00. The fourth-order valence-electron chi connectivity index (χ4n) is 1.12. The summed E-state index contributed by atoms with van der Waals surface area (Å²) < 4.78 is 0. The molecule has 1 aromatic heterocycles. The van der Waals surface area contributed by atoms with Gasteiger partial charge in [0, 0.05) is 6.20 Å². The van der Waals surface area contributed by atoms with E-state index >= 15 is 0 Å². The Kier molecular flexibility index (Phi) is 1.70. The third-order valence-electron chi connectivity index (χ3n) is 1.70. The molecule has 1 N–H and O–H groups in total. The Morgan fingerprint density at radius 1 is 1.25 bits per heavy atom. The van der Waals surface area contributed by atoms with Gasteiger partial charge in [0.25, 0.3) is 0 Å². The lowest BCUT2D eigenvalue weighted by atomic mass is 9.94. The molecule has 3 heteroatoms. The first-order valence-corrected chi connectivity index (χ1v) is 3.71.